The predicted molar refractivity (Wildman–Crippen MR) is 75.1 cm³/mol. The van der Waals surface area contributed by atoms with Crippen molar-refractivity contribution in [3.8, 4) is 0 Å². The summed E-state index contributed by atoms with van der Waals surface area (Å²) >= 11 is 0. The van der Waals surface area contributed by atoms with E-state index in [-0.39, 0.29) is 6.42 Å². The molecule has 1 rings (SSSR count). The van der Waals surface area contributed by atoms with Crippen molar-refractivity contribution >= 4 is 0 Å². The molecule has 1 fully saturated rings. The fourth-order valence-corrected chi connectivity index (χ4v) is 2.30. The quantitative estimate of drug-likeness (QED) is 0.211. The highest BCUT2D eigenvalue weighted by atomic mass is 16.7. The Kier molecular flexibility index (Phi) is 7.55. The second kappa shape index (κ2) is 8.45. The van der Waals surface area contributed by atoms with E-state index in [1.807, 2.05) is 0 Å². The van der Waals surface area contributed by atoms with E-state index in [9.17, 15) is 20.4 Å². The highest BCUT2D eigenvalue weighted by molar-refractivity contribution is 4.97. The standard InChI is InChI=1S/C12H27N3O7/c1-4(17)7(3-16)21-12(11(15)20)22-10-6(14)2-5(13)8(18)9(10)19/h4-12,16-20H,2-3,13-15H2,1H3/t4?,5?,6?,7?,8?,9?,10?,11-,12?/m0/s1. The Morgan fingerprint density at radius 3 is 2.18 bits per heavy atom. The van der Waals surface area contributed by atoms with Gasteiger partial charge in [0.2, 0.25) is 0 Å². The predicted octanol–water partition coefficient (Wildman–Crippen LogP) is -4.49. The van der Waals surface area contributed by atoms with Gasteiger partial charge < -0.3 is 52.2 Å². The summed E-state index contributed by atoms with van der Waals surface area (Å²) in [5.74, 6) is 0. The summed E-state index contributed by atoms with van der Waals surface area (Å²) in [5, 5.41) is 47.8. The smallest absolute Gasteiger partial charge is 0.197 e. The van der Waals surface area contributed by atoms with Crippen LogP contribution in [0.3, 0.4) is 0 Å². The summed E-state index contributed by atoms with van der Waals surface area (Å²) < 4.78 is 10.6. The van der Waals surface area contributed by atoms with Gasteiger partial charge in [-0.05, 0) is 13.3 Å². The minimum atomic E-state index is -1.61. The van der Waals surface area contributed by atoms with Crippen LogP contribution >= 0.6 is 0 Å². The zero-order chi connectivity index (χ0) is 17.0. The first-order chi connectivity index (χ1) is 10.2. The third-order valence-electron chi connectivity index (χ3n) is 3.69. The van der Waals surface area contributed by atoms with Crippen molar-refractivity contribution in [3.05, 3.63) is 0 Å². The number of aliphatic hydroxyl groups is 5. The largest absolute Gasteiger partial charge is 0.394 e. The molecule has 11 N–H and O–H groups in total. The van der Waals surface area contributed by atoms with Gasteiger partial charge in [0.05, 0.1) is 18.8 Å². The molecule has 1 aliphatic rings. The molecule has 132 valence electrons. The molecular weight excluding hydrogens is 298 g/mol. The minimum Gasteiger partial charge on any atom is -0.394 e. The van der Waals surface area contributed by atoms with E-state index in [2.05, 4.69) is 0 Å². The average Bonchev–Trinajstić information content (AvgIpc) is 2.43. The van der Waals surface area contributed by atoms with Crippen molar-refractivity contribution in [3.63, 3.8) is 0 Å². The van der Waals surface area contributed by atoms with Crippen LogP contribution in [0.2, 0.25) is 0 Å². The third-order valence-corrected chi connectivity index (χ3v) is 3.69. The van der Waals surface area contributed by atoms with Crippen molar-refractivity contribution in [2.24, 2.45) is 17.2 Å². The average molecular weight is 325 g/mol. The maximum Gasteiger partial charge on any atom is 0.197 e. The topological polar surface area (TPSA) is 198 Å². The number of ether oxygens (including phenoxy) is 2. The molecule has 10 nitrogen and oxygen atoms in total. The number of aliphatic hydroxyl groups excluding tert-OH is 5. The fourth-order valence-electron chi connectivity index (χ4n) is 2.30. The molecule has 0 spiro atoms. The lowest BCUT2D eigenvalue weighted by molar-refractivity contribution is -0.273. The second-order valence-corrected chi connectivity index (χ2v) is 5.60. The Morgan fingerprint density at radius 1 is 1.14 bits per heavy atom. The van der Waals surface area contributed by atoms with Crippen LogP contribution in [0.25, 0.3) is 0 Å². The first-order valence-corrected chi connectivity index (χ1v) is 7.09. The SMILES string of the molecule is CC(O)C(CO)OC(OC1C(N)CC(N)C(O)C1O)[C@@H](N)O. The van der Waals surface area contributed by atoms with Crippen LogP contribution in [0.4, 0.5) is 0 Å². The molecule has 1 saturated carbocycles. The van der Waals surface area contributed by atoms with E-state index in [4.69, 9.17) is 31.8 Å². The summed E-state index contributed by atoms with van der Waals surface area (Å²) in [5.41, 5.74) is 16.8. The summed E-state index contributed by atoms with van der Waals surface area (Å²) in [6.07, 6.45) is -8.68. The lowest BCUT2D eigenvalue weighted by Crippen LogP contribution is -2.63. The summed E-state index contributed by atoms with van der Waals surface area (Å²) in [4.78, 5) is 0. The monoisotopic (exact) mass is 325 g/mol. The van der Waals surface area contributed by atoms with E-state index in [1.54, 1.807) is 0 Å². The van der Waals surface area contributed by atoms with Crippen molar-refractivity contribution in [2.75, 3.05) is 6.61 Å². The summed E-state index contributed by atoms with van der Waals surface area (Å²) in [7, 11) is 0. The number of nitrogens with two attached hydrogens (primary N) is 3. The Labute approximate surface area is 128 Å². The zero-order valence-electron chi connectivity index (χ0n) is 12.4. The van der Waals surface area contributed by atoms with Crippen LogP contribution in [0, 0.1) is 0 Å². The van der Waals surface area contributed by atoms with Crippen molar-refractivity contribution in [2.45, 2.75) is 68.5 Å². The Bertz CT molecular complexity index is 334. The lowest BCUT2D eigenvalue weighted by atomic mass is 9.85. The molecule has 0 aromatic carbocycles. The van der Waals surface area contributed by atoms with Gasteiger partial charge in [-0.3, -0.25) is 0 Å². The van der Waals surface area contributed by atoms with Gasteiger partial charge in [-0.25, -0.2) is 0 Å². The van der Waals surface area contributed by atoms with Gasteiger partial charge in [0, 0.05) is 12.1 Å². The number of hydrogen-bond acceptors (Lipinski definition) is 10. The van der Waals surface area contributed by atoms with Crippen LogP contribution in [0.1, 0.15) is 13.3 Å². The van der Waals surface area contributed by atoms with E-state index in [1.165, 1.54) is 6.92 Å². The Hall–Kier alpha value is -0.400. The third kappa shape index (κ3) is 4.80. The first-order valence-electron chi connectivity index (χ1n) is 7.09. The normalized spacial score (nSPS) is 38.3. The van der Waals surface area contributed by atoms with E-state index < -0.39 is 61.7 Å². The molecule has 1 aliphatic carbocycles. The molecule has 9 atom stereocenters. The molecule has 0 amide bonds. The number of rotatable bonds is 7. The first kappa shape index (κ1) is 19.6. The van der Waals surface area contributed by atoms with Gasteiger partial charge in [0.1, 0.15) is 18.3 Å². The molecule has 0 heterocycles. The molecule has 0 radical (unpaired) electrons. The van der Waals surface area contributed by atoms with Crippen LogP contribution < -0.4 is 17.2 Å². The molecule has 8 unspecified atom stereocenters. The Balaban J connectivity index is 2.77. The molecule has 0 bridgehead atoms. The molecule has 10 heteroatoms. The highest BCUT2D eigenvalue weighted by Gasteiger charge is 2.43. The Morgan fingerprint density at radius 2 is 1.73 bits per heavy atom. The maximum atomic E-state index is 10.00. The zero-order valence-corrected chi connectivity index (χ0v) is 12.4. The molecule has 0 aliphatic heterocycles. The van der Waals surface area contributed by atoms with Crippen molar-refractivity contribution in [1.82, 2.24) is 0 Å². The van der Waals surface area contributed by atoms with Gasteiger partial charge in [0.25, 0.3) is 0 Å². The highest BCUT2D eigenvalue weighted by Crippen LogP contribution is 2.23. The van der Waals surface area contributed by atoms with Crippen LogP contribution in [0.15, 0.2) is 0 Å². The molecule has 0 saturated heterocycles. The van der Waals surface area contributed by atoms with Gasteiger partial charge in [-0.2, -0.15) is 0 Å². The lowest BCUT2D eigenvalue weighted by Gasteiger charge is -2.41. The number of hydrogen-bond donors (Lipinski definition) is 8. The van der Waals surface area contributed by atoms with E-state index in [0.29, 0.717) is 0 Å². The molecule has 22 heavy (non-hydrogen) atoms. The van der Waals surface area contributed by atoms with E-state index in [0.717, 1.165) is 0 Å². The van der Waals surface area contributed by atoms with Crippen LogP contribution in [-0.2, 0) is 9.47 Å². The fraction of sp³-hybridized carbons (Fsp3) is 1.00. The molecule has 0 aromatic heterocycles. The van der Waals surface area contributed by atoms with Gasteiger partial charge in [-0.15, -0.1) is 0 Å². The summed E-state index contributed by atoms with van der Waals surface area (Å²) in [6, 6.07) is -1.41. The van der Waals surface area contributed by atoms with Crippen LogP contribution in [0.5, 0.6) is 0 Å². The summed E-state index contributed by atoms with van der Waals surface area (Å²) in [6.45, 7) is 0.849. The van der Waals surface area contributed by atoms with Gasteiger partial charge >= 0.3 is 0 Å². The van der Waals surface area contributed by atoms with Gasteiger partial charge in [0.15, 0.2) is 12.5 Å². The maximum absolute atomic E-state index is 10.00. The minimum absolute atomic E-state index is 0.191. The van der Waals surface area contributed by atoms with Crippen LogP contribution in [-0.4, -0.2) is 87.3 Å². The van der Waals surface area contributed by atoms with Crippen molar-refractivity contribution < 1.29 is 35.0 Å². The second-order valence-electron chi connectivity index (χ2n) is 5.60. The van der Waals surface area contributed by atoms with Crippen molar-refractivity contribution in [1.29, 1.82) is 0 Å². The molecule has 0 aromatic rings. The van der Waals surface area contributed by atoms with E-state index >= 15 is 0 Å². The van der Waals surface area contributed by atoms with Gasteiger partial charge in [-0.1, -0.05) is 0 Å². The molecular formula is C12H27N3O7.